The minimum atomic E-state index is 0.194. The van der Waals surface area contributed by atoms with Gasteiger partial charge in [-0.05, 0) is 19.3 Å². The molecule has 0 atom stereocenters. The smallest absolute Gasteiger partial charge is 0.182 e. The molecule has 1 aliphatic rings. The number of ketones is 1. The molecule has 0 saturated heterocycles. The summed E-state index contributed by atoms with van der Waals surface area (Å²) in [5.41, 5.74) is 1.72. The van der Waals surface area contributed by atoms with Gasteiger partial charge in [0.15, 0.2) is 5.78 Å². The number of nitrogens with zero attached hydrogens (tertiary/aromatic N) is 3. The van der Waals surface area contributed by atoms with E-state index in [0.717, 1.165) is 41.3 Å². The lowest BCUT2D eigenvalue weighted by molar-refractivity contribution is 0.0968. The van der Waals surface area contributed by atoms with Crippen LogP contribution in [0.15, 0.2) is 12.4 Å². The van der Waals surface area contributed by atoms with Gasteiger partial charge in [-0.2, -0.15) is 5.10 Å². The molecule has 3 rings (SSSR count). The molecule has 0 amide bonds. The molecule has 0 bridgehead atoms. The lowest BCUT2D eigenvalue weighted by atomic mass is 10.0. The Labute approximate surface area is 110 Å². The quantitative estimate of drug-likeness (QED) is 0.853. The van der Waals surface area contributed by atoms with E-state index >= 15 is 0 Å². The molecule has 0 unspecified atom stereocenters. The van der Waals surface area contributed by atoms with Crippen molar-refractivity contribution in [2.75, 3.05) is 0 Å². The molecule has 0 saturated carbocycles. The van der Waals surface area contributed by atoms with Crippen LogP contribution < -0.4 is 0 Å². The first-order valence-electron chi connectivity index (χ1n) is 6.33. The van der Waals surface area contributed by atoms with E-state index in [1.807, 2.05) is 17.1 Å². The summed E-state index contributed by atoms with van der Waals surface area (Å²) >= 11 is 1.64. The molecule has 5 heteroatoms. The monoisotopic (exact) mass is 261 g/mol. The van der Waals surface area contributed by atoms with Gasteiger partial charge in [-0.3, -0.25) is 9.48 Å². The fourth-order valence-corrected chi connectivity index (χ4v) is 3.31. The number of carbonyl (C=O) groups excluding carboxylic acids is 1. The molecular weight excluding hydrogens is 246 g/mol. The third-order valence-corrected chi connectivity index (χ3v) is 4.27. The number of aryl methyl sites for hydroxylation is 2. The van der Waals surface area contributed by atoms with Crippen LogP contribution in [0, 0.1) is 0 Å². The molecule has 2 aromatic rings. The van der Waals surface area contributed by atoms with Gasteiger partial charge in [0.25, 0.3) is 0 Å². The van der Waals surface area contributed by atoms with Gasteiger partial charge in [0, 0.05) is 29.6 Å². The lowest BCUT2D eigenvalue weighted by Gasteiger charge is -2.06. The zero-order chi connectivity index (χ0) is 12.5. The Hall–Kier alpha value is -1.49. The predicted octanol–water partition coefficient (Wildman–Crippen LogP) is 2.94. The van der Waals surface area contributed by atoms with E-state index in [4.69, 9.17) is 0 Å². The first-order valence-corrected chi connectivity index (χ1v) is 7.15. The maximum absolute atomic E-state index is 11.8. The van der Waals surface area contributed by atoms with Crippen molar-refractivity contribution in [3.05, 3.63) is 23.0 Å². The van der Waals surface area contributed by atoms with Crippen molar-refractivity contribution < 1.29 is 4.79 Å². The van der Waals surface area contributed by atoms with Gasteiger partial charge in [0.1, 0.15) is 10.7 Å². The molecule has 0 N–H and O–H groups in total. The van der Waals surface area contributed by atoms with Crippen molar-refractivity contribution in [2.24, 2.45) is 0 Å². The average molecular weight is 261 g/mol. The molecule has 94 valence electrons. The van der Waals surface area contributed by atoms with Crippen LogP contribution in [0.25, 0.3) is 10.6 Å². The van der Waals surface area contributed by atoms with Crippen LogP contribution in [0.4, 0.5) is 0 Å². The van der Waals surface area contributed by atoms with Crippen molar-refractivity contribution >= 4 is 17.1 Å². The fraction of sp³-hybridized carbons (Fsp3) is 0.462. The van der Waals surface area contributed by atoms with Gasteiger partial charge in [-0.15, -0.1) is 11.3 Å². The summed E-state index contributed by atoms with van der Waals surface area (Å²) in [6.07, 6.45) is 7.51. The standard InChI is InChI=1S/C13H15N3OS/c1-2-6-16-8-9(7-14-16)13-15-12-10(17)4-3-5-11(12)18-13/h7-8H,2-6H2,1H3. The molecule has 0 aliphatic heterocycles. The lowest BCUT2D eigenvalue weighted by Crippen LogP contribution is -2.08. The Morgan fingerprint density at radius 1 is 1.44 bits per heavy atom. The van der Waals surface area contributed by atoms with E-state index < -0.39 is 0 Å². The van der Waals surface area contributed by atoms with Crippen molar-refractivity contribution in [3.63, 3.8) is 0 Å². The molecular formula is C13H15N3OS. The van der Waals surface area contributed by atoms with E-state index in [9.17, 15) is 4.79 Å². The first kappa shape index (κ1) is 11.6. The number of hydrogen-bond acceptors (Lipinski definition) is 4. The molecule has 0 radical (unpaired) electrons. The number of hydrogen-bond donors (Lipinski definition) is 0. The molecule has 18 heavy (non-hydrogen) atoms. The highest BCUT2D eigenvalue weighted by atomic mass is 32.1. The summed E-state index contributed by atoms with van der Waals surface area (Å²) in [5, 5.41) is 5.23. The third-order valence-electron chi connectivity index (χ3n) is 3.10. The SMILES string of the molecule is CCCn1cc(-c2nc3c(s2)CCCC3=O)cn1. The summed E-state index contributed by atoms with van der Waals surface area (Å²) in [6.45, 7) is 3.05. The van der Waals surface area contributed by atoms with Crippen molar-refractivity contribution in [2.45, 2.75) is 39.2 Å². The summed E-state index contributed by atoms with van der Waals surface area (Å²) in [6, 6.07) is 0. The second-order valence-corrected chi connectivity index (χ2v) is 5.64. The zero-order valence-electron chi connectivity index (χ0n) is 10.3. The summed E-state index contributed by atoms with van der Waals surface area (Å²) in [7, 11) is 0. The van der Waals surface area contributed by atoms with E-state index in [2.05, 4.69) is 17.0 Å². The van der Waals surface area contributed by atoms with Gasteiger partial charge in [0.2, 0.25) is 0 Å². The molecule has 0 aromatic carbocycles. The summed E-state index contributed by atoms with van der Waals surface area (Å²) < 4.78 is 1.93. The Balaban J connectivity index is 1.94. The second kappa shape index (κ2) is 4.65. The van der Waals surface area contributed by atoms with E-state index in [1.54, 1.807) is 11.3 Å². The minimum Gasteiger partial charge on any atom is -0.292 e. The normalized spacial score (nSPS) is 14.8. The molecule has 4 nitrogen and oxygen atoms in total. The molecule has 2 aromatic heterocycles. The minimum absolute atomic E-state index is 0.194. The van der Waals surface area contributed by atoms with Crippen molar-refractivity contribution in [1.82, 2.24) is 14.8 Å². The number of aromatic nitrogens is 3. The zero-order valence-corrected chi connectivity index (χ0v) is 11.2. The van der Waals surface area contributed by atoms with Gasteiger partial charge in [-0.1, -0.05) is 6.92 Å². The predicted molar refractivity (Wildman–Crippen MR) is 70.9 cm³/mol. The van der Waals surface area contributed by atoms with Gasteiger partial charge in [0.05, 0.1) is 6.20 Å². The highest BCUT2D eigenvalue weighted by molar-refractivity contribution is 7.15. The first-order chi connectivity index (χ1) is 8.78. The maximum Gasteiger partial charge on any atom is 0.182 e. The van der Waals surface area contributed by atoms with Crippen molar-refractivity contribution in [1.29, 1.82) is 0 Å². The Bertz CT molecular complexity index is 585. The average Bonchev–Trinajstić information content (AvgIpc) is 2.96. The molecule has 1 aliphatic carbocycles. The number of carbonyl (C=O) groups is 1. The van der Waals surface area contributed by atoms with Crippen LogP contribution in [0.2, 0.25) is 0 Å². The van der Waals surface area contributed by atoms with Crippen LogP contribution in [0.1, 0.15) is 41.6 Å². The Morgan fingerprint density at radius 3 is 3.11 bits per heavy atom. The largest absolute Gasteiger partial charge is 0.292 e. The van der Waals surface area contributed by atoms with Gasteiger partial charge in [-0.25, -0.2) is 4.98 Å². The number of thiazole rings is 1. The Kier molecular flexibility index (Phi) is 2.99. The van der Waals surface area contributed by atoms with Gasteiger partial charge < -0.3 is 0 Å². The molecule has 2 heterocycles. The second-order valence-electron chi connectivity index (χ2n) is 4.56. The highest BCUT2D eigenvalue weighted by Crippen LogP contribution is 2.32. The molecule has 0 fully saturated rings. The topological polar surface area (TPSA) is 47.8 Å². The van der Waals surface area contributed by atoms with E-state index in [1.165, 1.54) is 0 Å². The summed E-state index contributed by atoms with van der Waals surface area (Å²) in [5.74, 6) is 0.194. The fourth-order valence-electron chi connectivity index (χ4n) is 2.22. The van der Waals surface area contributed by atoms with E-state index in [0.29, 0.717) is 12.1 Å². The number of fused-ring (bicyclic) bond motifs is 1. The van der Waals surface area contributed by atoms with E-state index in [-0.39, 0.29) is 5.78 Å². The number of Topliss-reactive ketones (excluding diaryl/α,β-unsaturated/α-hetero) is 1. The van der Waals surface area contributed by atoms with Crippen LogP contribution in [-0.4, -0.2) is 20.5 Å². The van der Waals surface area contributed by atoms with Crippen LogP contribution >= 0.6 is 11.3 Å². The van der Waals surface area contributed by atoms with Crippen molar-refractivity contribution in [3.8, 4) is 10.6 Å². The third kappa shape index (κ3) is 1.99. The van der Waals surface area contributed by atoms with Gasteiger partial charge >= 0.3 is 0 Å². The van der Waals surface area contributed by atoms with Crippen LogP contribution in [-0.2, 0) is 13.0 Å². The number of rotatable bonds is 3. The highest BCUT2D eigenvalue weighted by Gasteiger charge is 2.22. The maximum atomic E-state index is 11.8. The molecule has 0 spiro atoms. The van der Waals surface area contributed by atoms with Crippen LogP contribution in [0.3, 0.4) is 0 Å². The summed E-state index contributed by atoms with van der Waals surface area (Å²) in [4.78, 5) is 17.4. The van der Waals surface area contributed by atoms with Crippen LogP contribution in [0.5, 0.6) is 0 Å². The Morgan fingerprint density at radius 2 is 2.33 bits per heavy atom.